The summed E-state index contributed by atoms with van der Waals surface area (Å²) in [5, 5.41) is 18.2. The Morgan fingerprint density at radius 3 is 1.59 bits per heavy atom. The second kappa shape index (κ2) is 7.29. The molecule has 0 unspecified atom stereocenters. The summed E-state index contributed by atoms with van der Waals surface area (Å²) in [6.45, 7) is -1.92. The molecule has 0 atom stereocenters. The van der Waals surface area contributed by atoms with E-state index in [4.69, 9.17) is 23.1 Å². The highest BCUT2D eigenvalue weighted by molar-refractivity contribution is 5.88. The maximum absolute atomic E-state index is 10.7. The minimum Gasteiger partial charge on any atom is -0.455 e. The molecule has 0 aromatic rings. The highest BCUT2D eigenvalue weighted by atomic mass is 16.5. The molecule has 2 N–H and O–H groups in total. The third-order valence-electron chi connectivity index (χ3n) is 1.93. The van der Waals surface area contributed by atoms with Crippen molar-refractivity contribution in [1.29, 1.82) is 0 Å². The Hall–Kier alpha value is -2.02. The van der Waals surface area contributed by atoms with Gasteiger partial charge in [-0.3, -0.25) is 0 Å². The Labute approximate surface area is 98.5 Å². The van der Waals surface area contributed by atoms with Gasteiger partial charge in [-0.25, -0.2) is 9.59 Å². The number of rotatable bonds is 6. The first-order chi connectivity index (χ1) is 8.03. The quantitative estimate of drug-likeness (QED) is 0.327. The molecule has 0 aromatic heterocycles. The number of terminal acetylenes is 2. The van der Waals surface area contributed by atoms with Crippen LogP contribution in [0.25, 0.3) is 0 Å². The van der Waals surface area contributed by atoms with E-state index in [2.05, 4.69) is 9.47 Å². The molecule has 17 heavy (non-hydrogen) atoms. The Morgan fingerprint density at radius 2 is 1.35 bits per heavy atom. The molecule has 0 saturated carbocycles. The van der Waals surface area contributed by atoms with E-state index in [0.29, 0.717) is 0 Å². The van der Waals surface area contributed by atoms with Gasteiger partial charge in [0.25, 0.3) is 0 Å². The van der Waals surface area contributed by atoms with Gasteiger partial charge < -0.3 is 19.7 Å². The first kappa shape index (κ1) is 15.0. The van der Waals surface area contributed by atoms with Crippen LogP contribution in [0, 0.1) is 30.1 Å². The molecule has 0 saturated heterocycles. The lowest BCUT2D eigenvalue weighted by molar-refractivity contribution is -0.151. The summed E-state index contributed by atoms with van der Waals surface area (Å²) in [4.78, 5) is 21.4. The van der Waals surface area contributed by atoms with Gasteiger partial charge in [-0.15, -0.1) is 12.8 Å². The molecule has 92 valence electrons. The van der Waals surface area contributed by atoms with Gasteiger partial charge in [-0.05, 0) is 0 Å². The molecule has 0 bridgehead atoms. The second-order valence-corrected chi connectivity index (χ2v) is 3.26. The van der Waals surface area contributed by atoms with Gasteiger partial charge in [-0.1, -0.05) is 0 Å². The van der Waals surface area contributed by atoms with Crippen LogP contribution in [0.4, 0.5) is 0 Å². The molecule has 0 fully saturated rings. The molecule has 0 radical (unpaired) electrons. The number of hydrogen-bond donors (Lipinski definition) is 2. The smallest absolute Gasteiger partial charge is 0.384 e. The van der Waals surface area contributed by atoms with Crippen molar-refractivity contribution in [1.82, 2.24) is 0 Å². The fourth-order valence-electron chi connectivity index (χ4n) is 0.795. The molecular weight excluding hydrogens is 228 g/mol. The van der Waals surface area contributed by atoms with E-state index < -0.39 is 30.6 Å². The van der Waals surface area contributed by atoms with Gasteiger partial charge >= 0.3 is 11.9 Å². The highest BCUT2D eigenvalue weighted by Gasteiger charge is 2.32. The lowest BCUT2D eigenvalue weighted by atomic mass is 9.92. The standard InChI is InChI=1S/C11H12O6/c1-3-9(14)16-7-11(5-12,6-13)8-17-10(15)4-2/h1-2,12-13H,5-8H2. The van der Waals surface area contributed by atoms with Crippen molar-refractivity contribution >= 4 is 11.9 Å². The minimum atomic E-state index is -1.32. The molecule has 0 aliphatic carbocycles. The van der Waals surface area contributed by atoms with Crippen molar-refractivity contribution in [3.8, 4) is 24.7 Å². The molecule has 6 heteroatoms. The van der Waals surface area contributed by atoms with Crippen LogP contribution < -0.4 is 0 Å². The van der Waals surface area contributed by atoms with Gasteiger partial charge in [0, 0.05) is 11.8 Å². The zero-order chi connectivity index (χ0) is 13.3. The third kappa shape index (κ3) is 5.03. The van der Waals surface area contributed by atoms with E-state index in [9.17, 15) is 9.59 Å². The lowest BCUT2D eigenvalue weighted by Gasteiger charge is -2.27. The van der Waals surface area contributed by atoms with Crippen LogP contribution >= 0.6 is 0 Å². The molecule has 0 amide bonds. The van der Waals surface area contributed by atoms with Crippen LogP contribution in [0.3, 0.4) is 0 Å². The molecule has 0 aromatic carbocycles. The Morgan fingerprint density at radius 1 is 1.00 bits per heavy atom. The zero-order valence-electron chi connectivity index (χ0n) is 9.01. The van der Waals surface area contributed by atoms with Crippen molar-refractivity contribution in [2.45, 2.75) is 0 Å². The SMILES string of the molecule is C#CC(=O)OCC(CO)(CO)COC(=O)C#C. The van der Waals surface area contributed by atoms with Gasteiger partial charge in [0.15, 0.2) is 0 Å². The number of hydrogen-bond acceptors (Lipinski definition) is 6. The van der Waals surface area contributed by atoms with Gasteiger partial charge in [0.2, 0.25) is 0 Å². The summed E-state index contributed by atoms with van der Waals surface area (Å²) < 4.78 is 9.13. The highest BCUT2D eigenvalue weighted by Crippen LogP contribution is 2.17. The summed E-state index contributed by atoms with van der Waals surface area (Å²) in [6, 6.07) is 0. The topological polar surface area (TPSA) is 93.1 Å². The number of ether oxygens (including phenoxy) is 2. The third-order valence-corrected chi connectivity index (χ3v) is 1.93. The average molecular weight is 240 g/mol. The molecule has 0 aliphatic rings. The maximum Gasteiger partial charge on any atom is 0.384 e. The van der Waals surface area contributed by atoms with E-state index >= 15 is 0 Å². The van der Waals surface area contributed by atoms with E-state index in [-0.39, 0.29) is 13.2 Å². The predicted molar refractivity (Wildman–Crippen MR) is 56.2 cm³/mol. The van der Waals surface area contributed by atoms with Crippen LogP contribution in [0.1, 0.15) is 0 Å². The second-order valence-electron chi connectivity index (χ2n) is 3.26. The van der Waals surface area contributed by atoms with Crippen LogP contribution in [-0.2, 0) is 19.1 Å². The Balaban J connectivity index is 4.46. The van der Waals surface area contributed by atoms with Crippen LogP contribution in [-0.4, -0.2) is 48.6 Å². The van der Waals surface area contributed by atoms with Crippen LogP contribution in [0.2, 0.25) is 0 Å². The van der Waals surface area contributed by atoms with Gasteiger partial charge in [0.05, 0.1) is 18.6 Å². The largest absolute Gasteiger partial charge is 0.455 e. The molecule has 0 rings (SSSR count). The summed E-state index contributed by atoms with van der Waals surface area (Å²) >= 11 is 0. The fourth-order valence-corrected chi connectivity index (χ4v) is 0.795. The van der Waals surface area contributed by atoms with Gasteiger partial charge in [-0.2, -0.15) is 0 Å². The van der Waals surface area contributed by atoms with E-state index in [1.54, 1.807) is 11.8 Å². The molecule has 6 nitrogen and oxygen atoms in total. The number of carbonyl (C=O) groups is 2. The van der Waals surface area contributed by atoms with Crippen molar-refractivity contribution in [2.24, 2.45) is 5.41 Å². The van der Waals surface area contributed by atoms with E-state index in [0.717, 1.165) is 0 Å². The Kier molecular flexibility index (Phi) is 6.42. The van der Waals surface area contributed by atoms with Crippen LogP contribution in [0.5, 0.6) is 0 Å². The maximum atomic E-state index is 10.7. The average Bonchev–Trinajstić information content (AvgIpc) is 2.38. The minimum absolute atomic E-state index is 0.388. The van der Waals surface area contributed by atoms with Gasteiger partial charge in [0.1, 0.15) is 13.2 Å². The van der Waals surface area contributed by atoms with E-state index in [1.165, 1.54) is 0 Å². The lowest BCUT2D eigenvalue weighted by Crippen LogP contribution is -2.41. The van der Waals surface area contributed by atoms with Crippen LogP contribution in [0.15, 0.2) is 0 Å². The first-order valence-corrected chi connectivity index (χ1v) is 4.52. The summed E-state index contributed by atoms with van der Waals surface area (Å²) in [5.74, 6) is 1.50. The predicted octanol–water partition coefficient (Wildman–Crippen LogP) is -1.69. The number of aliphatic hydroxyl groups is 2. The van der Waals surface area contributed by atoms with Crippen molar-refractivity contribution in [3.63, 3.8) is 0 Å². The Bertz CT molecular complexity index is 323. The number of carbonyl (C=O) groups excluding carboxylic acids is 2. The molecular formula is C11H12O6. The summed E-state index contributed by atoms with van der Waals surface area (Å²) in [5.41, 5.74) is -1.32. The zero-order valence-corrected chi connectivity index (χ0v) is 9.01. The molecule has 0 spiro atoms. The van der Waals surface area contributed by atoms with Crippen molar-refractivity contribution in [3.05, 3.63) is 0 Å². The molecule has 0 heterocycles. The van der Waals surface area contributed by atoms with E-state index in [1.807, 2.05) is 0 Å². The molecule has 0 aliphatic heterocycles. The number of aliphatic hydroxyl groups excluding tert-OH is 2. The first-order valence-electron chi connectivity index (χ1n) is 4.52. The van der Waals surface area contributed by atoms with Crippen molar-refractivity contribution in [2.75, 3.05) is 26.4 Å². The van der Waals surface area contributed by atoms with Crippen molar-refractivity contribution < 1.29 is 29.3 Å². The summed E-state index contributed by atoms with van der Waals surface area (Å²) in [7, 11) is 0. The fraction of sp³-hybridized carbons (Fsp3) is 0.455. The number of esters is 2. The normalized spacial score (nSPS) is 9.88. The monoisotopic (exact) mass is 240 g/mol. The summed E-state index contributed by atoms with van der Waals surface area (Å²) in [6.07, 6.45) is 9.53.